The predicted octanol–water partition coefficient (Wildman–Crippen LogP) is 1.66. The fourth-order valence-electron chi connectivity index (χ4n) is 1.73. The first-order valence-corrected chi connectivity index (χ1v) is 5.06. The molecule has 2 heteroatoms. The van der Waals surface area contributed by atoms with Crippen LogP contribution in [0.1, 0.15) is 46.0 Å². The van der Waals surface area contributed by atoms with E-state index < -0.39 is 5.60 Å². The van der Waals surface area contributed by atoms with Gasteiger partial charge in [0.25, 0.3) is 0 Å². The molecule has 3 N–H and O–H groups in total. The van der Waals surface area contributed by atoms with Gasteiger partial charge >= 0.3 is 0 Å². The lowest BCUT2D eigenvalue weighted by Gasteiger charge is -2.42. The van der Waals surface area contributed by atoms with Gasteiger partial charge in [0.1, 0.15) is 0 Å². The fraction of sp³-hybridized carbons (Fsp3) is 1.00. The molecule has 0 aliphatic heterocycles. The molecule has 0 radical (unpaired) electrons. The molecular formula is C10H21NO. The number of hydrogen-bond donors (Lipinski definition) is 2. The Morgan fingerprint density at radius 2 is 2.08 bits per heavy atom. The van der Waals surface area contributed by atoms with Gasteiger partial charge in [0, 0.05) is 6.04 Å². The average Bonchev–Trinajstić information content (AvgIpc) is 1.99. The maximum Gasteiger partial charge on any atom is 0.0798 e. The Kier molecular flexibility index (Phi) is 3.13. The largest absolute Gasteiger partial charge is 0.388 e. The first-order valence-electron chi connectivity index (χ1n) is 5.06. The van der Waals surface area contributed by atoms with Gasteiger partial charge in [-0.2, -0.15) is 0 Å². The van der Waals surface area contributed by atoms with Crippen LogP contribution in [-0.4, -0.2) is 16.7 Å². The van der Waals surface area contributed by atoms with Gasteiger partial charge in [0.15, 0.2) is 0 Å². The minimum atomic E-state index is -0.510. The highest BCUT2D eigenvalue weighted by Gasteiger charge is 2.40. The molecule has 1 aliphatic carbocycles. The van der Waals surface area contributed by atoms with Crippen LogP contribution in [0.3, 0.4) is 0 Å². The molecule has 0 aromatic rings. The maximum atomic E-state index is 9.90. The van der Waals surface area contributed by atoms with E-state index in [0.29, 0.717) is 5.92 Å². The number of nitrogens with two attached hydrogens (primary N) is 1. The van der Waals surface area contributed by atoms with Crippen molar-refractivity contribution < 1.29 is 5.11 Å². The van der Waals surface area contributed by atoms with Gasteiger partial charge in [-0.05, 0) is 31.6 Å². The zero-order valence-electron chi connectivity index (χ0n) is 8.21. The van der Waals surface area contributed by atoms with Crippen molar-refractivity contribution in [3.05, 3.63) is 0 Å². The van der Waals surface area contributed by atoms with Crippen LogP contribution in [0.15, 0.2) is 0 Å². The normalized spacial score (nSPS) is 26.0. The lowest BCUT2D eigenvalue weighted by Crippen LogP contribution is -2.53. The monoisotopic (exact) mass is 171 g/mol. The van der Waals surface area contributed by atoms with Crippen LogP contribution in [0.2, 0.25) is 0 Å². The van der Waals surface area contributed by atoms with Crippen LogP contribution in [0.4, 0.5) is 0 Å². The van der Waals surface area contributed by atoms with E-state index in [-0.39, 0.29) is 6.04 Å². The van der Waals surface area contributed by atoms with E-state index in [1.807, 2.05) is 0 Å². The highest BCUT2D eigenvalue weighted by atomic mass is 16.3. The molecule has 72 valence electrons. The molecule has 2 atom stereocenters. The Hall–Kier alpha value is -0.0800. The van der Waals surface area contributed by atoms with E-state index in [9.17, 15) is 5.11 Å². The van der Waals surface area contributed by atoms with Crippen LogP contribution in [0.5, 0.6) is 0 Å². The van der Waals surface area contributed by atoms with Crippen molar-refractivity contribution >= 4 is 0 Å². The summed E-state index contributed by atoms with van der Waals surface area (Å²) >= 11 is 0. The quantitative estimate of drug-likeness (QED) is 0.676. The molecular weight excluding hydrogens is 150 g/mol. The third kappa shape index (κ3) is 1.99. The highest BCUT2D eigenvalue weighted by molar-refractivity contribution is 4.96. The third-order valence-corrected chi connectivity index (χ3v) is 3.26. The van der Waals surface area contributed by atoms with Crippen molar-refractivity contribution in [2.45, 2.75) is 57.6 Å². The van der Waals surface area contributed by atoms with E-state index in [0.717, 1.165) is 32.1 Å². The Labute approximate surface area is 75.2 Å². The molecule has 0 aromatic heterocycles. The second kappa shape index (κ2) is 3.75. The fourth-order valence-corrected chi connectivity index (χ4v) is 1.73. The van der Waals surface area contributed by atoms with Crippen molar-refractivity contribution in [1.82, 2.24) is 0 Å². The summed E-state index contributed by atoms with van der Waals surface area (Å²) < 4.78 is 0. The van der Waals surface area contributed by atoms with Gasteiger partial charge in [-0.15, -0.1) is 0 Å². The van der Waals surface area contributed by atoms with Gasteiger partial charge in [-0.3, -0.25) is 0 Å². The minimum absolute atomic E-state index is 0.00111. The van der Waals surface area contributed by atoms with E-state index in [1.165, 1.54) is 0 Å². The molecule has 0 amide bonds. The number of aliphatic hydroxyl groups is 1. The van der Waals surface area contributed by atoms with Gasteiger partial charge in [-0.1, -0.05) is 20.3 Å². The zero-order valence-corrected chi connectivity index (χ0v) is 8.21. The molecule has 1 saturated carbocycles. The van der Waals surface area contributed by atoms with E-state index in [4.69, 9.17) is 5.73 Å². The van der Waals surface area contributed by atoms with Crippen LogP contribution in [-0.2, 0) is 0 Å². The first kappa shape index (κ1) is 10.0. The molecule has 0 spiro atoms. The third-order valence-electron chi connectivity index (χ3n) is 3.26. The summed E-state index contributed by atoms with van der Waals surface area (Å²) in [6.07, 6.45) is 5.08. The zero-order chi connectivity index (χ0) is 9.19. The van der Waals surface area contributed by atoms with Crippen LogP contribution in [0, 0.1) is 5.92 Å². The lowest BCUT2D eigenvalue weighted by molar-refractivity contribution is -0.0597. The van der Waals surface area contributed by atoms with Crippen molar-refractivity contribution in [3.8, 4) is 0 Å². The molecule has 2 unspecified atom stereocenters. The second-order valence-corrected chi connectivity index (χ2v) is 4.31. The first-order chi connectivity index (χ1) is 5.58. The van der Waals surface area contributed by atoms with Gasteiger partial charge in [0.2, 0.25) is 0 Å². The standard InChI is InChI=1S/C10H21NO/c1-3-8(2)7-9(11)10(12)5-4-6-10/h8-9,12H,3-7,11H2,1-2H3. The average molecular weight is 171 g/mol. The van der Waals surface area contributed by atoms with E-state index >= 15 is 0 Å². The molecule has 0 heterocycles. The molecule has 1 fully saturated rings. The van der Waals surface area contributed by atoms with Gasteiger partial charge in [-0.25, -0.2) is 0 Å². The summed E-state index contributed by atoms with van der Waals surface area (Å²) in [5, 5.41) is 9.90. The number of rotatable bonds is 4. The molecule has 0 aromatic carbocycles. The van der Waals surface area contributed by atoms with Crippen LogP contribution >= 0.6 is 0 Å². The van der Waals surface area contributed by atoms with E-state index in [1.54, 1.807) is 0 Å². The van der Waals surface area contributed by atoms with Gasteiger partial charge < -0.3 is 10.8 Å². The molecule has 12 heavy (non-hydrogen) atoms. The molecule has 2 nitrogen and oxygen atoms in total. The second-order valence-electron chi connectivity index (χ2n) is 4.31. The topological polar surface area (TPSA) is 46.2 Å². The molecule has 1 rings (SSSR count). The summed E-state index contributed by atoms with van der Waals surface area (Å²) in [5.41, 5.74) is 5.43. The summed E-state index contributed by atoms with van der Waals surface area (Å²) in [5.74, 6) is 0.643. The van der Waals surface area contributed by atoms with Crippen molar-refractivity contribution in [3.63, 3.8) is 0 Å². The SMILES string of the molecule is CCC(C)CC(N)C1(O)CCC1. The van der Waals surface area contributed by atoms with Crippen molar-refractivity contribution in [2.24, 2.45) is 11.7 Å². The van der Waals surface area contributed by atoms with Crippen molar-refractivity contribution in [2.75, 3.05) is 0 Å². The predicted molar refractivity (Wildman–Crippen MR) is 50.8 cm³/mol. The summed E-state index contributed by atoms with van der Waals surface area (Å²) in [4.78, 5) is 0. The minimum Gasteiger partial charge on any atom is -0.388 e. The smallest absolute Gasteiger partial charge is 0.0798 e. The maximum absolute atomic E-state index is 9.90. The van der Waals surface area contributed by atoms with Crippen LogP contribution in [0.25, 0.3) is 0 Å². The Morgan fingerprint density at radius 1 is 1.50 bits per heavy atom. The van der Waals surface area contributed by atoms with Crippen LogP contribution < -0.4 is 5.73 Å². The summed E-state index contributed by atoms with van der Waals surface area (Å²) in [6, 6.07) is 0.00111. The van der Waals surface area contributed by atoms with Gasteiger partial charge in [0.05, 0.1) is 5.60 Å². The Bertz CT molecular complexity index is 143. The van der Waals surface area contributed by atoms with E-state index in [2.05, 4.69) is 13.8 Å². The Balaban J connectivity index is 2.31. The Morgan fingerprint density at radius 3 is 2.42 bits per heavy atom. The molecule has 0 saturated heterocycles. The number of hydrogen-bond acceptors (Lipinski definition) is 2. The summed E-state index contributed by atoms with van der Waals surface area (Å²) in [7, 11) is 0. The highest BCUT2D eigenvalue weighted by Crippen LogP contribution is 2.36. The van der Waals surface area contributed by atoms with Crippen molar-refractivity contribution in [1.29, 1.82) is 0 Å². The summed E-state index contributed by atoms with van der Waals surface area (Å²) in [6.45, 7) is 4.37. The molecule has 0 bridgehead atoms. The molecule has 1 aliphatic rings. The lowest BCUT2D eigenvalue weighted by atomic mass is 9.72.